The van der Waals surface area contributed by atoms with E-state index in [4.69, 9.17) is 18.9 Å². The number of fused-ring (bicyclic) bond motifs is 6. The Morgan fingerprint density at radius 2 is 1.67 bits per heavy atom. The van der Waals surface area contributed by atoms with Crippen molar-refractivity contribution < 1.29 is 48.3 Å². The average Bonchev–Trinajstić information content (AvgIpc) is 4.00. The van der Waals surface area contributed by atoms with E-state index in [1.165, 1.54) is 33.2 Å². The lowest BCUT2D eigenvalue weighted by atomic mass is 9.47. The van der Waals surface area contributed by atoms with Crippen molar-refractivity contribution in [2.75, 3.05) is 59.0 Å². The van der Waals surface area contributed by atoms with Gasteiger partial charge in [-0.15, -0.1) is 0 Å². The molecule has 3 N–H and O–H groups in total. The number of H-pyrrole nitrogens is 1. The van der Waals surface area contributed by atoms with E-state index in [0.29, 0.717) is 99.5 Å². The van der Waals surface area contributed by atoms with Gasteiger partial charge < -0.3 is 39.0 Å². The number of rotatable bonds is 9. The Hall–Kier alpha value is -5.54. The number of aromatic amines is 1. The van der Waals surface area contributed by atoms with Crippen molar-refractivity contribution in [1.29, 1.82) is 0 Å². The Kier molecular flexibility index (Phi) is 10.6. The van der Waals surface area contributed by atoms with Gasteiger partial charge in [0.1, 0.15) is 11.2 Å². The summed E-state index contributed by atoms with van der Waals surface area (Å²) in [6.07, 6.45) is 5.73. The fourth-order valence-corrected chi connectivity index (χ4v) is 14.2. The number of carbonyl (C=O) groups excluding carboxylic acids is 4. The number of esters is 3. The van der Waals surface area contributed by atoms with Crippen LogP contribution in [0.2, 0.25) is 0 Å². The predicted molar refractivity (Wildman–Crippen MR) is 246 cm³/mol. The Bertz CT molecular complexity index is 2670. The molecule has 1 aliphatic carbocycles. The van der Waals surface area contributed by atoms with E-state index in [9.17, 15) is 24.6 Å². The lowest BCUT2D eigenvalue weighted by Crippen LogP contribution is -2.81. The first-order valence-corrected chi connectivity index (χ1v) is 23.3. The van der Waals surface area contributed by atoms with Crippen molar-refractivity contribution in [3.63, 3.8) is 0 Å². The van der Waals surface area contributed by atoms with Gasteiger partial charge in [0.2, 0.25) is 12.0 Å². The second kappa shape index (κ2) is 15.8. The first-order chi connectivity index (χ1) is 31.7. The summed E-state index contributed by atoms with van der Waals surface area (Å²) in [5.74, 6) is -2.12. The van der Waals surface area contributed by atoms with Gasteiger partial charge in [0, 0.05) is 78.2 Å². The molecule has 10 rings (SSSR count). The zero-order valence-electron chi connectivity index (χ0n) is 38.6. The van der Waals surface area contributed by atoms with Gasteiger partial charge in [0.25, 0.3) is 0 Å². The van der Waals surface area contributed by atoms with Gasteiger partial charge in [-0.25, -0.2) is 4.79 Å². The van der Waals surface area contributed by atoms with Gasteiger partial charge in [-0.05, 0) is 91.4 Å². The van der Waals surface area contributed by atoms with Crippen LogP contribution < -0.4 is 9.64 Å². The summed E-state index contributed by atoms with van der Waals surface area (Å²) in [6, 6.07) is 18.4. The Balaban J connectivity index is 1.29. The minimum Gasteiger partial charge on any atom is -0.496 e. The van der Waals surface area contributed by atoms with Crippen molar-refractivity contribution in [3.8, 4) is 16.9 Å². The Morgan fingerprint density at radius 3 is 2.35 bits per heavy atom. The molecular formula is C52H60N4O10. The molecule has 5 aliphatic heterocycles. The fourth-order valence-electron chi connectivity index (χ4n) is 14.2. The maximum atomic E-state index is 15.6. The molecule has 2 bridgehead atoms. The summed E-state index contributed by atoms with van der Waals surface area (Å²) in [4.78, 5) is 66.9. The molecule has 3 aromatic carbocycles. The van der Waals surface area contributed by atoms with Crippen LogP contribution in [0, 0.1) is 11.3 Å². The highest BCUT2D eigenvalue weighted by Crippen LogP contribution is 2.68. The number of nitrogens with zero attached hydrogens (tertiary/aromatic N) is 3. The van der Waals surface area contributed by atoms with Gasteiger partial charge in [0.15, 0.2) is 6.10 Å². The number of piperidine rings is 1. The van der Waals surface area contributed by atoms with Crippen LogP contribution in [0.25, 0.3) is 22.0 Å². The van der Waals surface area contributed by atoms with Gasteiger partial charge in [-0.1, -0.05) is 62.4 Å². The SMILES string of the molecule is CC[C@@]1(O)C[C@H]2CN(CCc3c([nH]c4ccc(-c5ccccc5)cc34)[C@@](C(=O)OC)(c3cc4c(cc3OC)N(C=O)C3[C@]45CCN4CC=C[C@@](CC)([C@@H](OC(C)=O)[C@]3(O)C(=O)OC)[C@H]45)C2)C1. The third kappa shape index (κ3) is 5.93. The van der Waals surface area contributed by atoms with E-state index in [1.807, 2.05) is 50.3 Å². The molecule has 6 heterocycles. The number of anilines is 1. The molecule has 1 spiro atoms. The van der Waals surface area contributed by atoms with Crippen molar-refractivity contribution in [2.45, 2.75) is 99.5 Å². The van der Waals surface area contributed by atoms with E-state index >= 15 is 4.79 Å². The normalized spacial score (nSPS) is 34.2. The van der Waals surface area contributed by atoms with Crippen molar-refractivity contribution >= 4 is 40.9 Å². The maximum Gasteiger partial charge on any atom is 0.344 e. The standard InChI is InChI=1S/C52H60N4O10/c1-7-48(61)26-32-27-51(46(59)64-5,42-35(17-21-54(28-32)29-48)36-23-34(15-16-39(36)53-42)33-13-10-9-11-14-33)38-24-37-40(25-41(38)63-4)56(30-57)44-50(37)19-22-55-20-12-18-49(8-2,43(50)55)45(66-31(3)58)52(44,62)47(60)65-6/h9-16,18,23-25,30,32,43-45,53,61-62H,7-8,17,19-22,26-29H2,1-6H3/t32-,43+,44?,45-,48-,49-,50-,51+,52+/m1/s1. The second-order valence-electron chi connectivity index (χ2n) is 19.7. The summed E-state index contributed by atoms with van der Waals surface area (Å²) < 4.78 is 23.9. The fraction of sp³-hybridized carbons (Fsp3) is 0.500. The van der Waals surface area contributed by atoms with Gasteiger partial charge >= 0.3 is 17.9 Å². The summed E-state index contributed by atoms with van der Waals surface area (Å²) >= 11 is 0. The molecule has 3 fully saturated rings. The number of hydrogen-bond acceptors (Lipinski definition) is 12. The van der Waals surface area contributed by atoms with Crippen LogP contribution in [0.3, 0.4) is 0 Å². The van der Waals surface area contributed by atoms with Crippen molar-refractivity contribution in [3.05, 3.63) is 95.2 Å². The third-order valence-electron chi connectivity index (χ3n) is 16.7. The summed E-state index contributed by atoms with van der Waals surface area (Å²) in [5, 5.41) is 26.5. The van der Waals surface area contributed by atoms with Gasteiger partial charge in [-0.3, -0.25) is 24.2 Å². The van der Waals surface area contributed by atoms with Gasteiger partial charge in [0.05, 0.1) is 38.7 Å². The third-order valence-corrected chi connectivity index (χ3v) is 16.7. The van der Waals surface area contributed by atoms with E-state index < -0.39 is 63.5 Å². The Morgan fingerprint density at radius 1 is 0.894 bits per heavy atom. The highest BCUT2D eigenvalue weighted by atomic mass is 16.6. The van der Waals surface area contributed by atoms with Crippen LogP contribution in [-0.4, -0.2) is 133 Å². The van der Waals surface area contributed by atoms with Crippen LogP contribution in [0.5, 0.6) is 5.75 Å². The predicted octanol–water partition coefficient (Wildman–Crippen LogP) is 5.18. The first-order valence-electron chi connectivity index (χ1n) is 23.3. The molecule has 14 heteroatoms. The van der Waals surface area contributed by atoms with Crippen LogP contribution in [-0.2, 0) is 50.6 Å². The number of carbonyl (C=O) groups is 4. The molecule has 14 nitrogen and oxygen atoms in total. The number of nitrogens with one attached hydrogen (secondary N) is 1. The minimum atomic E-state index is -2.55. The Labute approximate surface area is 384 Å². The molecule has 6 aliphatic rings. The number of ether oxygens (including phenoxy) is 4. The second-order valence-corrected chi connectivity index (χ2v) is 19.7. The van der Waals surface area contributed by atoms with E-state index in [2.05, 4.69) is 45.1 Å². The molecule has 348 valence electrons. The van der Waals surface area contributed by atoms with Crippen LogP contribution in [0.4, 0.5) is 5.69 Å². The lowest BCUT2D eigenvalue weighted by molar-refractivity contribution is -0.228. The molecule has 2 saturated heterocycles. The molecule has 1 amide bonds. The minimum absolute atomic E-state index is 0.183. The monoisotopic (exact) mass is 900 g/mol. The topological polar surface area (TPSA) is 171 Å². The zero-order chi connectivity index (χ0) is 46.6. The summed E-state index contributed by atoms with van der Waals surface area (Å²) in [5.41, 5.74) is -1.28. The van der Waals surface area contributed by atoms with E-state index in [0.717, 1.165) is 27.6 Å². The molecule has 1 aromatic heterocycles. The van der Waals surface area contributed by atoms with E-state index in [1.54, 1.807) is 6.07 Å². The number of benzene rings is 3. The molecule has 2 unspecified atom stereocenters. The highest BCUT2D eigenvalue weighted by Gasteiger charge is 2.81. The molecule has 66 heavy (non-hydrogen) atoms. The molecule has 4 aromatic rings. The first kappa shape index (κ1) is 44.3. The average molecular weight is 901 g/mol. The number of amides is 1. The quantitative estimate of drug-likeness (QED) is 0.0872. The molecule has 0 radical (unpaired) electrons. The highest BCUT2D eigenvalue weighted by molar-refractivity contribution is 5.97. The number of aromatic nitrogens is 1. The summed E-state index contributed by atoms with van der Waals surface area (Å²) in [7, 11) is 4.11. The van der Waals surface area contributed by atoms with Crippen LogP contribution in [0.1, 0.15) is 75.3 Å². The maximum absolute atomic E-state index is 15.6. The number of aliphatic hydroxyl groups is 2. The van der Waals surface area contributed by atoms with Crippen molar-refractivity contribution in [2.24, 2.45) is 11.3 Å². The molecule has 1 saturated carbocycles. The van der Waals surface area contributed by atoms with Crippen LogP contribution >= 0.6 is 0 Å². The summed E-state index contributed by atoms with van der Waals surface area (Å²) in [6.45, 7) is 8.09. The molecular weight excluding hydrogens is 841 g/mol. The van der Waals surface area contributed by atoms with Gasteiger partial charge in [-0.2, -0.15) is 0 Å². The van der Waals surface area contributed by atoms with Crippen LogP contribution in [0.15, 0.2) is 72.8 Å². The largest absolute Gasteiger partial charge is 0.496 e. The number of hydrogen-bond donors (Lipinski definition) is 3. The van der Waals surface area contributed by atoms with E-state index in [-0.39, 0.29) is 12.3 Å². The molecule has 10 atom stereocenters. The van der Waals surface area contributed by atoms with Crippen molar-refractivity contribution in [1.82, 2.24) is 14.8 Å². The smallest absolute Gasteiger partial charge is 0.344 e. The lowest BCUT2D eigenvalue weighted by Gasteiger charge is -2.63. The number of methoxy groups -OCH3 is 3. The zero-order valence-corrected chi connectivity index (χ0v) is 38.6.